The smallest absolute Gasteiger partial charge is 0.137 e. The maximum Gasteiger partial charge on any atom is 0.137 e. The van der Waals surface area contributed by atoms with Crippen molar-refractivity contribution in [1.82, 2.24) is 20.1 Å². The molecule has 2 aromatic rings. The second-order valence-corrected chi connectivity index (χ2v) is 4.75. The van der Waals surface area contributed by atoms with E-state index in [4.69, 9.17) is 0 Å². The molecule has 0 saturated heterocycles. The molecule has 0 saturated carbocycles. The summed E-state index contributed by atoms with van der Waals surface area (Å²) in [5.74, 6) is 0. The first-order valence-corrected chi connectivity index (χ1v) is 6.25. The number of nitrogens with zero attached hydrogens (tertiary/aromatic N) is 3. The monoisotopic (exact) mass is 236 g/mol. The number of aryl methyl sites for hydroxylation is 1. The van der Waals surface area contributed by atoms with Gasteiger partial charge in [-0.15, -0.1) is 11.3 Å². The molecule has 0 amide bonds. The zero-order valence-electron chi connectivity index (χ0n) is 9.55. The second-order valence-electron chi connectivity index (χ2n) is 3.80. The molecule has 0 bridgehead atoms. The molecule has 0 aliphatic carbocycles. The van der Waals surface area contributed by atoms with Gasteiger partial charge in [0.25, 0.3) is 0 Å². The quantitative estimate of drug-likeness (QED) is 0.863. The molecule has 0 fully saturated rings. The van der Waals surface area contributed by atoms with E-state index in [1.165, 1.54) is 10.4 Å². The van der Waals surface area contributed by atoms with Gasteiger partial charge in [0.1, 0.15) is 12.7 Å². The highest BCUT2D eigenvalue weighted by Gasteiger charge is 2.08. The predicted molar refractivity (Wildman–Crippen MR) is 65.5 cm³/mol. The number of hydrogen-bond acceptors (Lipinski definition) is 4. The Labute approximate surface area is 99.3 Å². The summed E-state index contributed by atoms with van der Waals surface area (Å²) in [6.45, 7) is 6.11. The minimum absolute atomic E-state index is 0.406. The lowest BCUT2D eigenvalue weighted by Crippen LogP contribution is -2.23. The molecule has 0 radical (unpaired) electrons. The van der Waals surface area contributed by atoms with Crippen molar-refractivity contribution in [2.75, 3.05) is 6.54 Å². The van der Waals surface area contributed by atoms with E-state index in [1.807, 2.05) is 16.0 Å². The fourth-order valence-corrected chi connectivity index (χ4v) is 2.62. The van der Waals surface area contributed by atoms with Gasteiger partial charge in [0, 0.05) is 17.5 Å². The Hall–Kier alpha value is -1.20. The molecule has 0 aromatic carbocycles. The summed E-state index contributed by atoms with van der Waals surface area (Å²) < 4.78 is 1.83. The third-order valence-corrected chi connectivity index (χ3v) is 3.75. The second kappa shape index (κ2) is 5.23. The van der Waals surface area contributed by atoms with Crippen LogP contribution in [0.2, 0.25) is 0 Å². The fraction of sp³-hybridized carbons (Fsp3) is 0.455. The summed E-state index contributed by atoms with van der Waals surface area (Å²) in [5.41, 5.74) is 1.37. The number of rotatable bonds is 5. The standard InChI is InChI=1S/C11H16N4S/c1-9-3-6-16-11(9)10(2)13-4-5-15-8-12-7-14-15/h3,6-8,10,13H,4-5H2,1-2H3. The van der Waals surface area contributed by atoms with Crippen LogP contribution in [0.3, 0.4) is 0 Å². The van der Waals surface area contributed by atoms with Gasteiger partial charge in [-0.2, -0.15) is 5.10 Å². The average Bonchev–Trinajstić information content (AvgIpc) is 2.88. The van der Waals surface area contributed by atoms with Crippen molar-refractivity contribution in [2.45, 2.75) is 26.4 Å². The molecule has 4 nitrogen and oxygen atoms in total. The molecule has 0 aliphatic heterocycles. The van der Waals surface area contributed by atoms with Crippen molar-refractivity contribution in [3.8, 4) is 0 Å². The molecule has 2 heterocycles. The summed E-state index contributed by atoms with van der Waals surface area (Å²) in [7, 11) is 0. The number of hydrogen-bond donors (Lipinski definition) is 1. The van der Waals surface area contributed by atoms with Crippen LogP contribution in [0.1, 0.15) is 23.4 Å². The van der Waals surface area contributed by atoms with Gasteiger partial charge < -0.3 is 5.32 Å². The summed E-state index contributed by atoms with van der Waals surface area (Å²) in [5, 5.41) is 9.69. The lowest BCUT2D eigenvalue weighted by Gasteiger charge is -2.13. The molecule has 0 aliphatic rings. The van der Waals surface area contributed by atoms with Gasteiger partial charge in [0.15, 0.2) is 0 Å². The van der Waals surface area contributed by atoms with Crippen LogP contribution in [-0.2, 0) is 6.54 Å². The Kier molecular flexibility index (Phi) is 3.69. The fourth-order valence-electron chi connectivity index (χ4n) is 1.66. The van der Waals surface area contributed by atoms with Crippen molar-refractivity contribution in [3.05, 3.63) is 34.5 Å². The lowest BCUT2D eigenvalue weighted by atomic mass is 10.2. The van der Waals surface area contributed by atoms with Crippen LogP contribution in [0.5, 0.6) is 0 Å². The first-order valence-electron chi connectivity index (χ1n) is 5.37. The summed E-state index contributed by atoms with van der Waals surface area (Å²) in [6, 6.07) is 2.57. The largest absolute Gasteiger partial charge is 0.308 e. The maximum atomic E-state index is 4.06. The van der Waals surface area contributed by atoms with Gasteiger partial charge in [-0.3, -0.25) is 4.68 Å². The highest BCUT2D eigenvalue weighted by Crippen LogP contribution is 2.22. The average molecular weight is 236 g/mol. The Morgan fingerprint density at radius 3 is 3.06 bits per heavy atom. The molecule has 1 atom stereocenters. The van der Waals surface area contributed by atoms with E-state index >= 15 is 0 Å². The van der Waals surface area contributed by atoms with Crippen LogP contribution in [0, 0.1) is 6.92 Å². The van der Waals surface area contributed by atoms with Crippen molar-refractivity contribution >= 4 is 11.3 Å². The minimum atomic E-state index is 0.406. The zero-order valence-corrected chi connectivity index (χ0v) is 10.4. The van der Waals surface area contributed by atoms with Gasteiger partial charge in [-0.25, -0.2) is 4.98 Å². The summed E-state index contributed by atoms with van der Waals surface area (Å²) in [6.07, 6.45) is 3.30. The van der Waals surface area contributed by atoms with E-state index in [-0.39, 0.29) is 0 Å². The maximum absolute atomic E-state index is 4.06. The molecule has 2 rings (SSSR count). The summed E-state index contributed by atoms with van der Waals surface area (Å²) in [4.78, 5) is 5.33. The topological polar surface area (TPSA) is 42.7 Å². The molecule has 1 unspecified atom stereocenters. The van der Waals surface area contributed by atoms with Gasteiger partial charge in [-0.1, -0.05) is 0 Å². The van der Waals surface area contributed by atoms with Crippen molar-refractivity contribution in [2.24, 2.45) is 0 Å². The first kappa shape index (κ1) is 11.3. The summed E-state index contributed by atoms with van der Waals surface area (Å²) >= 11 is 1.81. The molecule has 0 spiro atoms. The third-order valence-electron chi connectivity index (χ3n) is 2.55. The molecular weight excluding hydrogens is 220 g/mol. The van der Waals surface area contributed by atoms with Crippen molar-refractivity contribution in [1.29, 1.82) is 0 Å². The van der Waals surface area contributed by atoms with Gasteiger partial charge >= 0.3 is 0 Å². The van der Waals surface area contributed by atoms with E-state index in [0.29, 0.717) is 6.04 Å². The van der Waals surface area contributed by atoms with Crippen LogP contribution in [-0.4, -0.2) is 21.3 Å². The van der Waals surface area contributed by atoms with E-state index in [1.54, 1.807) is 12.7 Å². The number of thiophene rings is 1. The lowest BCUT2D eigenvalue weighted by molar-refractivity contribution is 0.510. The van der Waals surface area contributed by atoms with Crippen LogP contribution in [0.25, 0.3) is 0 Å². The van der Waals surface area contributed by atoms with Crippen molar-refractivity contribution < 1.29 is 0 Å². The van der Waals surface area contributed by atoms with Crippen LogP contribution in [0.4, 0.5) is 0 Å². The van der Waals surface area contributed by atoms with Gasteiger partial charge in [-0.05, 0) is 30.9 Å². The molecule has 2 aromatic heterocycles. The van der Waals surface area contributed by atoms with E-state index in [2.05, 4.69) is 40.7 Å². The van der Waals surface area contributed by atoms with E-state index in [9.17, 15) is 0 Å². The SMILES string of the molecule is Cc1ccsc1C(C)NCCn1cncn1. The normalized spacial score (nSPS) is 12.9. The minimum Gasteiger partial charge on any atom is -0.308 e. The molecule has 1 N–H and O–H groups in total. The van der Waals surface area contributed by atoms with Crippen LogP contribution in [0.15, 0.2) is 24.1 Å². The highest BCUT2D eigenvalue weighted by molar-refractivity contribution is 7.10. The van der Waals surface area contributed by atoms with E-state index in [0.717, 1.165) is 13.1 Å². The zero-order chi connectivity index (χ0) is 11.4. The number of nitrogens with one attached hydrogen (secondary N) is 1. The Morgan fingerprint density at radius 1 is 1.56 bits per heavy atom. The van der Waals surface area contributed by atoms with Gasteiger partial charge in [0.05, 0.1) is 6.54 Å². The Morgan fingerprint density at radius 2 is 2.44 bits per heavy atom. The van der Waals surface area contributed by atoms with Crippen LogP contribution >= 0.6 is 11.3 Å². The number of aromatic nitrogens is 3. The Balaban J connectivity index is 1.80. The molecular formula is C11H16N4S. The first-order chi connectivity index (χ1) is 7.77. The van der Waals surface area contributed by atoms with Gasteiger partial charge in [0.2, 0.25) is 0 Å². The molecule has 16 heavy (non-hydrogen) atoms. The van der Waals surface area contributed by atoms with Crippen LogP contribution < -0.4 is 5.32 Å². The predicted octanol–water partition coefficient (Wildman–Crippen LogP) is 2.00. The highest BCUT2D eigenvalue weighted by atomic mass is 32.1. The van der Waals surface area contributed by atoms with Crippen molar-refractivity contribution in [3.63, 3.8) is 0 Å². The molecule has 5 heteroatoms. The van der Waals surface area contributed by atoms with E-state index < -0.39 is 0 Å². The Bertz CT molecular complexity index is 421. The molecule has 86 valence electrons. The third kappa shape index (κ3) is 2.68.